The number of urea groups is 1. The number of hydrogen-bond acceptors (Lipinski definition) is 6. The van der Waals surface area contributed by atoms with Crippen LogP contribution >= 0.6 is 23.2 Å². The topological polar surface area (TPSA) is 74.2 Å². The van der Waals surface area contributed by atoms with Crippen LogP contribution in [0.5, 0.6) is 5.88 Å². The van der Waals surface area contributed by atoms with Gasteiger partial charge in [0.15, 0.2) is 0 Å². The molecule has 2 unspecified atom stereocenters. The Balaban J connectivity index is 1.45. The second kappa shape index (κ2) is 13.3. The number of amidine groups is 1. The molecule has 6 rings (SSSR count). The highest BCUT2D eigenvalue weighted by molar-refractivity contribution is 6.30. The maximum absolute atomic E-state index is 14.8. The summed E-state index contributed by atoms with van der Waals surface area (Å²) in [6.45, 7) is 12.3. The first-order chi connectivity index (χ1) is 21.6. The van der Waals surface area contributed by atoms with Crippen LogP contribution in [0.15, 0.2) is 59.7 Å². The summed E-state index contributed by atoms with van der Waals surface area (Å²) in [4.78, 5) is 36.1. The number of aromatic nitrogens is 2. The molecule has 2 saturated heterocycles. The molecule has 0 spiro atoms. The fourth-order valence-electron chi connectivity index (χ4n) is 6.66. The molecule has 0 N–H and O–H groups in total. The smallest absolute Gasteiger partial charge is 0.326 e. The van der Waals surface area contributed by atoms with E-state index in [1.165, 1.54) is 12.8 Å². The third kappa shape index (κ3) is 6.69. The minimum absolute atomic E-state index is 0.0765. The zero-order valence-corrected chi connectivity index (χ0v) is 28.1. The largest absolute Gasteiger partial charge is 0.477 e. The zero-order chi connectivity index (χ0) is 31.7. The van der Waals surface area contributed by atoms with Gasteiger partial charge in [0.1, 0.15) is 17.7 Å². The van der Waals surface area contributed by atoms with Gasteiger partial charge in [-0.05, 0) is 81.1 Å². The van der Waals surface area contributed by atoms with E-state index in [1.807, 2.05) is 65.3 Å². The number of rotatable bonds is 6. The van der Waals surface area contributed by atoms with Gasteiger partial charge in [0.05, 0.1) is 18.2 Å². The van der Waals surface area contributed by atoms with E-state index in [2.05, 4.69) is 25.7 Å². The number of carbonyl (C=O) groups excluding carboxylic acids is 1. The molecular weight excluding hydrogens is 607 g/mol. The molecular formula is C35H42Cl2N6O2. The third-order valence-electron chi connectivity index (χ3n) is 9.03. The van der Waals surface area contributed by atoms with E-state index in [0.29, 0.717) is 58.9 Å². The fourth-order valence-corrected chi connectivity index (χ4v) is 6.92. The Hall–Kier alpha value is -3.20. The van der Waals surface area contributed by atoms with Crippen molar-refractivity contribution >= 4 is 35.1 Å². The molecule has 3 aliphatic heterocycles. The number of nitrogens with zero attached hydrogens (tertiary/aromatic N) is 6. The number of aliphatic imine (C=N–C) groups is 1. The molecule has 238 valence electrons. The first kappa shape index (κ1) is 31.8. The molecule has 2 atom stereocenters. The lowest BCUT2D eigenvalue weighted by atomic mass is 9.93. The molecule has 0 bridgehead atoms. The predicted octanol–water partition coefficient (Wildman–Crippen LogP) is 7.70. The van der Waals surface area contributed by atoms with Crippen LogP contribution in [0.3, 0.4) is 0 Å². The van der Waals surface area contributed by atoms with Gasteiger partial charge in [-0.2, -0.15) is 4.98 Å². The Labute approximate surface area is 276 Å². The first-order valence-electron chi connectivity index (χ1n) is 16.1. The van der Waals surface area contributed by atoms with Crippen LogP contribution in [0.2, 0.25) is 10.0 Å². The van der Waals surface area contributed by atoms with Crippen LogP contribution in [0.4, 0.5) is 4.79 Å². The molecule has 4 heterocycles. The van der Waals surface area contributed by atoms with E-state index in [0.717, 1.165) is 37.1 Å². The number of hydrogen-bond donors (Lipinski definition) is 0. The summed E-state index contributed by atoms with van der Waals surface area (Å²) in [6.07, 6.45) is 6.22. The van der Waals surface area contributed by atoms with Gasteiger partial charge in [0, 0.05) is 40.8 Å². The zero-order valence-electron chi connectivity index (χ0n) is 26.5. The third-order valence-corrected chi connectivity index (χ3v) is 9.54. The van der Waals surface area contributed by atoms with E-state index in [9.17, 15) is 4.79 Å². The quantitative estimate of drug-likeness (QED) is 0.274. The highest BCUT2D eigenvalue weighted by Crippen LogP contribution is 2.45. The highest BCUT2D eigenvalue weighted by Gasteiger charge is 2.45. The van der Waals surface area contributed by atoms with Crippen molar-refractivity contribution in [2.24, 2.45) is 4.99 Å². The van der Waals surface area contributed by atoms with Crippen molar-refractivity contribution in [2.45, 2.75) is 76.9 Å². The van der Waals surface area contributed by atoms with Gasteiger partial charge in [-0.1, -0.05) is 68.2 Å². The SMILES string of the molecule is CCOc1nc(C(C)(C)C)ncc1C1=NC(c2ccc(Cl)cc2)C(c2ccc(Cl)cc2)N1C(=O)N1CCC(N2CCCC2)CC1. The van der Waals surface area contributed by atoms with Crippen LogP contribution in [-0.2, 0) is 5.41 Å². The minimum atomic E-state index is -0.431. The molecule has 8 nitrogen and oxygen atoms in total. The van der Waals surface area contributed by atoms with Gasteiger partial charge in [-0.3, -0.25) is 9.89 Å². The Kier molecular flexibility index (Phi) is 9.37. The summed E-state index contributed by atoms with van der Waals surface area (Å²) < 4.78 is 6.12. The van der Waals surface area contributed by atoms with E-state index in [4.69, 9.17) is 42.9 Å². The summed E-state index contributed by atoms with van der Waals surface area (Å²) in [7, 11) is 0. The van der Waals surface area contributed by atoms with Gasteiger partial charge in [0.25, 0.3) is 0 Å². The Bertz CT molecular complexity index is 1530. The van der Waals surface area contributed by atoms with E-state index in [1.54, 1.807) is 6.20 Å². The summed E-state index contributed by atoms with van der Waals surface area (Å²) >= 11 is 12.6. The Morgan fingerprint density at radius 1 is 0.911 bits per heavy atom. The number of likely N-dealkylation sites (tertiary alicyclic amines) is 2. The highest BCUT2D eigenvalue weighted by atomic mass is 35.5. The maximum Gasteiger partial charge on any atom is 0.326 e. The summed E-state index contributed by atoms with van der Waals surface area (Å²) in [5, 5.41) is 1.27. The summed E-state index contributed by atoms with van der Waals surface area (Å²) in [6, 6.07) is 15.0. The second-order valence-electron chi connectivity index (χ2n) is 13.2. The van der Waals surface area contributed by atoms with Crippen LogP contribution < -0.4 is 4.74 Å². The standard InChI is InChI=1S/C35H42Cl2N6O2/c1-5-45-32-28(22-38-33(40-32)35(2,3)4)31-39-29(23-8-12-25(36)13-9-23)30(24-10-14-26(37)15-11-24)43(31)34(44)42-20-16-27(17-21-42)41-18-6-7-19-41/h8-15,22,27,29-30H,5-7,16-21H2,1-4H3. The van der Waals surface area contributed by atoms with Crippen LogP contribution in [0, 0.1) is 0 Å². The number of carbonyl (C=O) groups is 1. The molecule has 2 fully saturated rings. The van der Waals surface area contributed by atoms with Crippen LogP contribution in [0.25, 0.3) is 0 Å². The van der Waals surface area contributed by atoms with Crippen molar-refractivity contribution in [1.82, 2.24) is 24.7 Å². The van der Waals surface area contributed by atoms with E-state index >= 15 is 0 Å². The minimum Gasteiger partial charge on any atom is -0.477 e. The van der Waals surface area contributed by atoms with Gasteiger partial charge < -0.3 is 14.5 Å². The maximum atomic E-state index is 14.8. The molecule has 2 aromatic carbocycles. The predicted molar refractivity (Wildman–Crippen MR) is 179 cm³/mol. The van der Waals surface area contributed by atoms with Crippen molar-refractivity contribution in [3.05, 3.63) is 87.3 Å². The van der Waals surface area contributed by atoms with Gasteiger partial charge >= 0.3 is 6.03 Å². The average Bonchev–Trinajstić information content (AvgIpc) is 3.71. The van der Waals surface area contributed by atoms with Crippen molar-refractivity contribution in [3.63, 3.8) is 0 Å². The molecule has 0 saturated carbocycles. The summed E-state index contributed by atoms with van der Waals surface area (Å²) in [5.74, 6) is 1.59. The molecule has 3 aromatic rings. The lowest BCUT2D eigenvalue weighted by Crippen LogP contribution is -2.52. The van der Waals surface area contributed by atoms with Gasteiger partial charge in [0.2, 0.25) is 5.88 Å². The summed E-state index contributed by atoms with van der Waals surface area (Å²) in [5.41, 5.74) is 2.20. The number of amides is 2. The first-order valence-corrected chi connectivity index (χ1v) is 16.8. The Morgan fingerprint density at radius 3 is 2.09 bits per heavy atom. The fraction of sp³-hybridized carbons (Fsp3) is 0.486. The molecule has 2 amide bonds. The van der Waals surface area contributed by atoms with Gasteiger partial charge in [-0.25, -0.2) is 9.78 Å². The van der Waals surface area contributed by atoms with E-state index < -0.39 is 12.1 Å². The Morgan fingerprint density at radius 2 is 1.51 bits per heavy atom. The van der Waals surface area contributed by atoms with Crippen molar-refractivity contribution in [2.75, 3.05) is 32.8 Å². The van der Waals surface area contributed by atoms with Crippen LogP contribution in [0.1, 0.15) is 88.0 Å². The number of ether oxygens (including phenoxy) is 1. The normalized spacial score (nSPS) is 21.3. The van der Waals surface area contributed by atoms with Crippen molar-refractivity contribution in [3.8, 4) is 5.88 Å². The molecule has 45 heavy (non-hydrogen) atoms. The lowest BCUT2D eigenvalue weighted by molar-refractivity contribution is 0.117. The molecule has 0 aliphatic carbocycles. The van der Waals surface area contributed by atoms with Crippen molar-refractivity contribution < 1.29 is 9.53 Å². The molecule has 0 radical (unpaired) electrons. The number of benzene rings is 2. The molecule has 3 aliphatic rings. The van der Waals surface area contributed by atoms with E-state index in [-0.39, 0.29) is 11.4 Å². The molecule has 1 aromatic heterocycles. The second-order valence-corrected chi connectivity index (χ2v) is 14.0. The van der Waals surface area contributed by atoms with Crippen LogP contribution in [-0.4, -0.2) is 75.4 Å². The lowest BCUT2D eigenvalue weighted by Gasteiger charge is -2.40. The number of halogens is 2. The monoisotopic (exact) mass is 648 g/mol. The average molecular weight is 650 g/mol. The van der Waals surface area contributed by atoms with Crippen molar-refractivity contribution in [1.29, 1.82) is 0 Å². The van der Waals surface area contributed by atoms with Gasteiger partial charge in [-0.15, -0.1) is 0 Å². The molecule has 10 heteroatoms. The number of piperidine rings is 1.